The molecule has 0 radical (unpaired) electrons. The van der Waals surface area contributed by atoms with Crippen LogP contribution in [0.25, 0.3) is 49.3 Å². The third-order valence-corrected chi connectivity index (χ3v) is 7.20. The SMILES string of the molecule is COc1cc(-c2c3c4cc(OC)c(OC(=O)[C@H](C)N)cc4oc(=O)c3n3ccc4cc(O)c(OC)cc4c23)ccc1O.Cl. The van der Waals surface area contributed by atoms with Crippen LogP contribution in [-0.4, -0.2) is 48.0 Å². The Morgan fingerprint density at radius 2 is 1.53 bits per heavy atom. The molecule has 6 rings (SSSR count). The summed E-state index contributed by atoms with van der Waals surface area (Å²) in [7, 11) is 4.32. The molecule has 0 aliphatic rings. The number of carbonyl (C=O) groups is 1. The minimum Gasteiger partial charge on any atom is -0.504 e. The molecule has 11 nitrogen and oxygen atoms in total. The van der Waals surface area contributed by atoms with Crippen LogP contribution >= 0.6 is 12.4 Å². The van der Waals surface area contributed by atoms with Gasteiger partial charge in [-0.3, -0.25) is 0 Å². The zero-order chi connectivity index (χ0) is 29.9. The number of esters is 1. The van der Waals surface area contributed by atoms with E-state index >= 15 is 0 Å². The molecule has 0 bridgehead atoms. The van der Waals surface area contributed by atoms with Crippen molar-refractivity contribution in [3.05, 3.63) is 65.1 Å². The first-order chi connectivity index (χ1) is 20.2. The summed E-state index contributed by atoms with van der Waals surface area (Å²) in [6.07, 6.45) is 1.71. The molecule has 3 heterocycles. The van der Waals surface area contributed by atoms with Crippen molar-refractivity contribution >= 4 is 56.5 Å². The lowest BCUT2D eigenvalue weighted by molar-refractivity contribution is -0.135. The molecular weight excluding hydrogens is 580 g/mol. The highest BCUT2D eigenvalue weighted by atomic mass is 35.5. The molecule has 0 saturated carbocycles. The summed E-state index contributed by atoms with van der Waals surface area (Å²) in [5.74, 6) is -0.0606. The highest BCUT2D eigenvalue weighted by Crippen LogP contribution is 2.46. The highest BCUT2D eigenvalue weighted by Gasteiger charge is 2.25. The summed E-state index contributed by atoms with van der Waals surface area (Å²) >= 11 is 0. The molecule has 12 heteroatoms. The average Bonchev–Trinajstić information content (AvgIpc) is 3.33. The normalized spacial score (nSPS) is 11.9. The van der Waals surface area contributed by atoms with Gasteiger partial charge in [0.1, 0.15) is 17.1 Å². The van der Waals surface area contributed by atoms with Crippen LogP contribution in [0.2, 0.25) is 0 Å². The second kappa shape index (κ2) is 10.9. The molecule has 4 N–H and O–H groups in total. The lowest BCUT2D eigenvalue weighted by atomic mass is 9.98. The van der Waals surface area contributed by atoms with Crippen LogP contribution in [0.1, 0.15) is 6.92 Å². The van der Waals surface area contributed by atoms with Gasteiger partial charge < -0.3 is 43.7 Å². The van der Waals surface area contributed by atoms with Gasteiger partial charge in [0.05, 0.1) is 26.8 Å². The quantitative estimate of drug-likeness (QED) is 0.132. The molecule has 6 aromatic rings. The number of hydrogen-bond donors (Lipinski definition) is 3. The summed E-state index contributed by atoms with van der Waals surface area (Å²) in [6, 6.07) is 12.1. The number of hydrogen-bond acceptors (Lipinski definition) is 10. The van der Waals surface area contributed by atoms with Gasteiger partial charge in [-0.1, -0.05) is 6.07 Å². The summed E-state index contributed by atoms with van der Waals surface area (Å²) in [6.45, 7) is 1.49. The number of phenolic OH excluding ortho intramolecular Hbond substituents is 2. The Bertz CT molecular complexity index is 2130. The zero-order valence-corrected chi connectivity index (χ0v) is 24.3. The number of carbonyl (C=O) groups excluding carboxylic acids is 1. The molecule has 1 atom stereocenters. The second-order valence-electron chi connectivity index (χ2n) is 9.73. The summed E-state index contributed by atoms with van der Waals surface area (Å²) in [4.78, 5) is 25.9. The van der Waals surface area contributed by atoms with E-state index in [4.69, 9.17) is 29.1 Å². The summed E-state index contributed by atoms with van der Waals surface area (Å²) in [5, 5.41) is 23.2. The number of aromatic nitrogens is 1. The van der Waals surface area contributed by atoms with Gasteiger partial charge in [0.25, 0.3) is 0 Å². The van der Waals surface area contributed by atoms with Gasteiger partial charge in [0.15, 0.2) is 34.5 Å². The third kappa shape index (κ3) is 4.59. The molecular formula is C31H27ClN2O9. The first kappa shape index (κ1) is 29.4. The Hall–Kier alpha value is -5.13. The van der Waals surface area contributed by atoms with Crippen molar-refractivity contribution in [3.8, 4) is 45.6 Å². The molecule has 0 saturated heterocycles. The van der Waals surface area contributed by atoms with Crippen LogP contribution in [0.3, 0.4) is 0 Å². The monoisotopic (exact) mass is 606 g/mol. The van der Waals surface area contributed by atoms with E-state index in [-0.39, 0.29) is 58.0 Å². The minimum atomic E-state index is -0.891. The van der Waals surface area contributed by atoms with E-state index in [0.717, 1.165) is 0 Å². The molecule has 0 aliphatic carbocycles. The Balaban J connectivity index is 0.00000368. The fourth-order valence-corrected chi connectivity index (χ4v) is 5.24. The average molecular weight is 607 g/mol. The molecule has 0 unspecified atom stereocenters. The lowest BCUT2D eigenvalue weighted by Gasteiger charge is -2.13. The van der Waals surface area contributed by atoms with Gasteiger partial charge in [-0.25, -0.2) is 9.59 Å². The maximum absolute atomic E-state index is 13.7. The first-order valence-electron chi connectivity index (χ1n) is 12.8. The van der Waals surface area contributed by atoms with Gasteiger partial charge in [0, 0.05) is 34.0 Å². The molecule has 0 aliphatic heterocycles. The van der Waals surface area contributed by atoms with Crippen LogP contribution in [0, 0.1) is 0 Å². The number of nitrogens with two attached hydrogens (primary N) is 1. The van der Waals surface area contributed by atoms with E-state index in [9.17, 15) is 19.8 Å². The minimum absolute atomic E-state index is 0. The number of methoxy groups -OCH3 is 3. The predicted octanol–water partition coefficient (Wildman–Crippen LogP) is 5.13. The van der Waals surface area contributed by atoms with E-state index in [1.165, 1.54) is 40.4 Å². The van der Waals surface area contributed by atoms with Crippen LogP contribution in [-0.2, 0) is 4.79 Å². The smallest absolute Gasteiger partial charge is 0.361 e. The van der Waals surface area contributed by atoms with Crippen molar-refractivity contribution in [2.75, 3.05) is 21.3 Å². The molecule has 0 spiro atoms. The number of halogens is 1. The van der Waals surface area contributed by atoms with Gasteiger partial charge in [-0.15, -0.1) is 12.4 Å². The van der Waals surface area contributed by atoms with Crippen molar-refractivity contribution in [3.63, 3.8) is 0 Å². The molecule has 3 aromatic heterocycles. The highest BCUT2D eigenvalue weighted by molar-refractivity contribution is 6.22. The van der Waals surface area contributed by atoms with Gasteiger partial charge >= 0.3 is 11.6 Å². The Labute approximate surface area is 250 Å². The fraction of sp³-hybridized carbons (Fsp3) is 0.161. The van der Waals surface area contributed by atoms with Crippen LogP contribution in [0.15, 0.2) is 63.9 Å². The van der Waals surface area contributed by atoms with Gasteiger partial charge in [-0.05, 0) is 54.3 Å². The first-order valence-corrected chi connectivity index (χ1v) is 12.8. The molecule has 43 heavy (non-hydrogen) atoms. The van der Waals surface area contributed by atoms with E-state index in [1.807, 2.05) is 0 Å². The molecule has 0 amide bonds. The number of benzene rings is 3. The number of rotatable bonds is 6. The maximum atomic E-state index is 13.7. The summed E-state index contributed by atoms with van der Waals surface area (Å²) in [5.41, 5.74) is 7.25. The molecule has 0 fully saturated rings. The Kier molecular flexibility index (Phi) is 7.47. The topological polar surface area (TPSA) is 155 Å². The fourth-order valence-electron chi connectivity index (χ4n) is 5.24. The largest absolute Gasteiger partial charge is 0.504 e. The number of fused-ring (bicyclic) bond motifs is 7. The van der Waals surface area contributed by atoms with Crippen molar-refractivity contribution < 1.29 is 38.4 Å². The van der Waals surface area contributed by atoms with Crippen molar-refractivity contribution in [2.24, 2.45) is 5.73 Å². The number of pyridine rings is 1. The van der Waals surface area contributed by atoms with Gasteiger partial charge in [0.2, 0.25) is 0 Å². The van der Waals surface area contributed by atoms with E-state index in [1.54, 1.807) is 47.0 Å². The van der Waals surface area contributed by atoms with Gasteiger partial charge in [-0.2, -0.15) is 0 Å². The standard InChI is InChI=1S/C31H26N2O9.ClH/c1-14(32)30(36)42-25-13-21-18(12-24(25)40-4)27-26(16-5-6-19(34)22(10-16)38-2)28-17-11-23(39-3)20(35)9-15(17)7-8-33(28)29(27)31(37)41-21;/h5-14,34-35H,32H2,1-4H3;1H/t14-;/m0./s1. The number of aromatic hydroxyl groups is 2. The lowest BCUT2D eigenvalue weighted by Crippen LogP contribution is -2.31. The second-order valence-corrected chi connectivity index (χ2v) is 9.73. The van der Waals surface area contributed by atoms with Crippen molar-refractivity contribution in [2.45, 2.75) is 13.0 Å². The van der Waals surface area contributed by atoms with Crippen LogP contribution in [0.4, 0.5) is 0 Å². The Morgan fingerprint density at radius 3 is 2.21 bits per heavy atom. The van der Waals surface area contributed by atoms with Crippen molar-refractivity contribution in [1.82, 2.24) is 4.40 Å². The van der Waals surface area contributed by atoms with Crippen LogP contribution < -0.4 is 30.3 Å². The molecule has 222 valence electrons. The molecule has 3 aromatic carbocycles. The van der Waals surface area contributed by atoms with E-state index < -0.39 is 17.6 Å². The summed E-state index contributed by atoms with van der Waals surface area (Å²) < 4.78 is 29.3. The number of ether oxygens (including phenoxy) is 4. The number of nitrogens with zero attached hydrogens (tertiary/aromatic N) is 1. The van der Waals surface area contributed by atoms with E-state index in [2.05, 4.69) is 0 Å². The zero-order valence-electron chi connectivity index (χ0n) is 23.5. The van der Waals surface area contributed by atoms with Crippen LogP contribution in [0.5, 0.6) is 34.5 Å². The predicted molar refractivity (Wildman–Crippen MR) is 163 cm³/mol. The van der Waals surface area contributed by atoms with Crippen molar-refractivity contribution in [1.29, 1.82) is 0 Å². The number of phenols is 2. The maximum Gasteiger partial charge on any atom is 0.361 e. The third-order valence-electron chi connectivity index (χ3n) is 7.20. The Morgan fingerprint density at radius 1 is 0.860 bits per heavy atom. The van der Waals surface area contributed by atoms with E-state index in [0.29, 0.717) is 38.2 Å².